The Balaban J connectivity index is -0.000000174. The van der Waals surface area contributed by atoms with Crippen LogP contribution in [0.15, 0.2) is 10.6 Å². The average Bonchev–Trinajstić information content (AvgIpc) is 3.74. The Kier molecular flexibility index (Phi) is 30.7. The molecule has 37 heteroatoms. The molecule has 0 fully saturated rings. The Morgan fingerprint density at radius 3 is 0.942 bits per heavy atom. The Morgan fingerprint density at radius 2 is 0.865 bits per heavy atom. The number of halogens is 30. The van der Waals surface area contributed by atoms with Crippen molar-refractivity contribution in [2.45, 2.75) is 84.8 Å². The largest absolute Gasteiger partial charge is 0.445 e. The van der Waals surface area contributed by atoms with Crippen molar-refractivity contribution in [1.82, 2.24) is 0 Å². The van der Waals surface area contributed by atoms with Crippen molar-refractivity contribution >= 4 is 50.7 Å². The molecule has 4 unspecified atom stereocenters. The number of alkyl halides is 30. The van der Waals surface area contributed by atoms with E-state index in [9.17, 15) is 114 Å². The topological polar surface area (TPSA) is 74.2 Å². The van der Waals surface area contributed by atoms with E-state index in [1.807, 2.05) is 0 Å². The highest BCUT2D eigenvalue weighted by Crippen LogP contribution is 2.35. The van der Waals surface area contributed by atoms with Gasteiger partial charge in [0.15, 0.2) is 11.1 Å². The van der Waals surface area contributed by atoms with E-state index in [1.54, 1.807) is 0 Å². The van der Waals surface area contributed by atoms with Crippen LogP contribution in [-0.4, -0.2) is 91.6 Å². The van der Waals surface area contributed by atoms with Crippen LogP contribution < -0.4 is 0 Å². The third-order valence-corrected chi connectivity index (χ3v) is 3.98. The second kappa shape index (κ2) is 26.6. The van der Waals surface area contributed by atoms with Crippen LogP contribution >= 0.6 is 50.7 Å². The summed E-state index contributed by atoms with van der Waals surface area (Å²) >= 11 is 15.1. The van der Waals surface area contributed by atoms with Crippen molar-refractivity contribution in [2.24, 2.45) is 10.6 Å². The van der Waals surface area contributed by atoms with Gasteiger partial charge in [0.05, 0.1) is 10.6 Å². The maximum absolute atomic E-state index is 11.6. The molecule has 0 saturated carbocycles. The second-order valence-corrected chi connectivity index (χ2v) is 9.23. The minimum atomic E-state index is -5.63. The van der Waals surface area contributed by atoms with Crippen molar-refractivity contribution in [2.75, 3.05) is 6.86 Å². The molecule has 0 aliphatic carbocycles. The second-order valence-electron chi connectivity index (χ2n) is 6.58. The molecule has 0 aromatic heterocycles. The van der Waals surface area contributed by atoms with Crippen LogP contribution in [0.2, 0.25) is 0 Å². The van der Waals surface area contributed by atoms with Crippen LogP contribution in [0.25, 0.3) is 0 Å². The quantitative estimate of drug-likeness (QED) is 0.170. The van der Waals surface area contributed by atoms with Gasteiger partial charge in [-0.1, -0.05) is 39.1 Å². The average molecular weight is 978 g/mol. The standard InChI is InChI=1S/C4H3F7O.2C3H2ClF5O.C3H2F6O.C2HBrClF3.N2O/c5-1-12-2(3(6,7)8)4(9,10)11;4-1(3(7,8)9)10-2(5)6;4-1(5)3(8,9)10-2(6)7;4-1(3(7,8)9)10-2(5)6;3-1(4)2(5,6)7;1-2-3-1/h2H,1H2;3*1-2H;1H;. The van der Waals surface area contributed by atoms with E-state index in [0.29, 0.717) is 0 Å². The summed E-state index contributed by atoms with van der Waals surface area (Å²) in [4.78, 5) is 3.75. The predicted molar refractivity (Wildman–Crippen MR) is 117 cm³/mol. The molecular weight excluding hydrogens is 968 g/mol. The third kappa shape index (κ3) is 41.5. The molecule has 0 spiro atoms. The van der Waals surface area contributed by atoms with Crippen LogP contribution in [0.3, 0.4) is 0 Å². The summed E-state index contributed by atoms with van der Waals surface area (Å²) in [7, 11) is 0. The molecule has 0 saturated heterocycles. The Labute approximate surface area is 291 Å². The van der Waals surface area contributed by atoms with Gasteiger partial charge in [-0.25, -0.2) is 13.2 Å². The van der Waals surface area contributed by atoms with Gasteiger partial charge in [-0.3, -0.25) is 14.2 Å². The molecule has 4 atom stereocenters. The lowest BCUT2D eigenvalue weighted by molar-refractivity contribution is -0.330. The summed E-state index contributed by atoms with van der Waals surface area (Å²) < 4.78 is 299. The van der Waals surface area contributed by atoms with Gasteiger partial charge >= 0.3 is 56.8 Å². The van der Waals surface area contributed by atoms with Crippen LogP contribution in [0, 0.1) is 0 Å². The first kappa shape index (κ1) is 60.0. The van der Waals surface area contributed by atoms with Gasteiger partial charge in [0.2, 0.25) is 5.56 Å². The van der Waals surface area contributed by atoms with Crippen LogP contribution in [0.5, 0.6) is 0 Å². The molecular formula is C15H10BrCl3F26N2O5. The van der Waals surface area contributed by atoms with Crippen LogP contribution in [0.4, 0.5) is 114 Å². The van der Waals surface area contributed by atoms with Gasteiger partial charge in [0, 0.05) is 0 Å². The summed E-state index contributed by atoms with van der Waals surface area (Å²) in [5.41, 5.74) is -6.20. The Morgan fingerprint density at radius 1 is 0.538 bits per heavy atom. The van der Waals surface area contributed by atoms with Gasteiger partial charge in [0.1, 0.15) is 0 Å². The van der Waals surface area contributed by atoms with Crippen molar-refractivity contribution in [3.63, 3.8) is 0 Å². The van der Waals surface area contributed by atoms with Crippen molar-refractivity contribution in [3.05, 3.63) is 0 Å². The van der Waals surface area contributed by atoms with E-state index in [1.165, 1.54) is 0 Å². The summed E-state index contributed by atoms with van der Waals surface area (Å²) in [6.07, 6.45) is -38.5. The van der Waals surface area contributed by atoms with Gasteiger partial charge in [-0.2, -0.15) is 106 Å². The minimum absolute atomic E-state index is 1.92. The van der Waals surface area contributed by atoms with Crippen LogP contribution in [-0.2, 0) is 23.9 Å². The minimum Gasteiger partial charge on any atom is -0.329 e. The lowest BCUT2D eigenvalue weighted by Gasteiger charge is -2.21. The molecule has 0 radical (unpaired) electrons. The number of rotatable bonds is 9. The number of hydrogen-bond acceptors (Lipinski definition) is 7. The number of hydrogen-bond donors (Lipinski definition) is 0. The molecule has 1 heterocycles. The maximum Gasteiger partial charge on any atom is 0.445 e. The SMILES string of the molecule is FC(F)(F)C(Cl)Br.FC(F)OC(Cl)C(F)(F)F.FC(F)OC(F)(F)C(F)Cl.FC(F)OC(F)C(F)(F)F.FCOC(C(F)(F)F)C(F)(F)F.N1=NO1. The molecule has 0 N–H and O–H groups in total. The number of nitrogens with zero attached hydrogens (tertiary/aromatic N) is 2. The first-order chi connectivity index (χ1) is 22.7. The number of ether oxygens (including phenoxy) is 4. The molecule has 1 rings (SSSR count). The van der Waals surface area contributed by atoms with E-state index in [4.69, 9.17) is 0 Å². The van der Waals surface area contributed by atoms with E-state index < -0.39 is 91.6 Å². The van der Waals surface area contributed by atoms with E-state index in [2.05, 4.69) is 85.2 Å². The third-order valence-electron chi connectivity index (χ3n) is 2.61. The lowest BCUT2D eigenvalue weighted by Crippen LogP contribution is -2.44. The fourth-order valence-electron chi connectivity index (χ4n) is 0.943. The molecule has 0 amide bonds. The fraction of sp³-hybridized carbons (Fsp3) is 1.00. The molecule has 0 bridgehead atoms. The summed E-state index contributed by atoms with van der Waals surface area (Å²) in [5, 5.41) is 5.75. The molecule has 7 nitrogen and oxygen atoms in total. The zero-order valence-electron chi connectivity index (χ0n) is 22.6. The summed E-state index contributed by atoms with van der Waals surface area (Å²) in [6, 6.07) is 0. The summed E-state index contributed by atoms with van der Waals surface area (Å²) in [6.45, 7) is -13.1. The zero-order chi connectivity index (χ0) is 43.3. The Hall–Kier alpha value is -1.23. The highest BCUT2D eigenvalue weighted by Gasteiger charge is 2.58. The smallest absolute Gasteiger partial charge is 0.329 e. The van der Waals surface area contributed by atoms with Gasteiger partial charge in [-0.15, -0.1) is 11.6 Å². The van der Waals surface area contributed by atoms with E-state index in [0.717, 1.165) is 0 Å². The molecule has 0 aromatic carbocycles. The molecule has 1 aliphatic rings. The molecule has 320 valence electrons. The first-order valence-corrected chi connectivity index (χ1v) is 12.5. The summed E-state index contributed by atoms with van der Waals surface area (Å²) in [5.74, 6) is 0. The van der Waals surface area contributed by atoms with E-state index >= 15 is 0 Å². The van der Waals surface area contributed by atoms with Crippen LogP contribution in [0.1, 0.15) is 0 Å². The maximum atomic E-state index is 11.6. The van der Waals surface area contributed by atoms with Gasteiger partial charge in [-0.05, 0) is 0 Å². The Bertz CT molecular complexity index is 861. The highest BCUT2D eigenvalue weighted by atomic mass is 79.9. The van der Waals surface area contributed by atoms with E-state index in [-0.39, 0.29) is 0 Å². The lowest BCUT2D eigenvalue weighted by atomic mass is 10.3. The normalized spacial score (nSPS) is 15.6. The van der Waals surface area contributed by atoms with Gasteiger partial charge in [0.25, 0.3) is 18.1 Å². The molecule has 52 heavy (non-hydrogen) atoms. The van der Waals surface area contributed by atoms with Crippen molar-refractivity contribution in [1.29, 1.82) is 0 Å². The first-order valence-electron chi connectivity index (χ1n) is 10.3. The van der Waals surface area contributed by atoms with Crippen molar-refractivity contribution in [3.8, 4) is 0 Å². The predicted octanol–water partition coefficient (Wildman–Crippen LogP) is 12.0. The zero-order valence-corrected chi connectivity index (χ0v) is 26.5. The highest BCUT2D eigenvalue weighted by molar-refractivity contribution is 9.10. The van der Waals surface area contributed by atoms with Gasteiger partial charge < -0.3 is 4.74 Å². The van der Waals surface area contributed by atoms with Crippen molar-refractivity contribution < 1.29 is 138 Å². The fourth-order valence-corrected chi connectivity index (χ4v) is 1.07. The molecule has 0 aromatic rings. The molecule has 1 aliphatic heterocycles. The monoisotopic (exact) mass is 976 g/mol.